The normalized spacial score (nSPS) is 16.7. The highest BCUT2D eigenvalue weighted by Gasteiger charge is 2.30. The summed E-state index contributed by atoms with van der Waals surface area (Å²) in [6.45, 7) is 1.67. The van der Waals surface area contributed by atoms with Crippen LogP contribution in [0.2, 0.25) is 0 Å². The lowest BCUT2D eigenvalue weighted by Crippen LogP contribution is -2.49. The maximum atomic E-state index is 13.9. The molecule has 4 nitrogen and oxygen atoms in total. The Morgan fingerprint density at radius 3 is 2.58 bits per heavy atom. The van der Waals surface area contributed by atoms with Crippen molar-refractivity contribution in [1.82, 2.24) is 10.2 Å². The third-order valence-electron chi connectivity index (χ3n) is 4.45. The van der Waals surface area contributed by atoms with Crippen molar-refractivity contribution >= 4 is 18.3 Å². The average molecular weight is 383 g/mol. The highest BCUT2D eigenvalue weighted by molar-refractivity contribution is 5.85. The van der Waals surface area contributed by atoms with E-state index in [1.54, 1.807) is 12.0 Å². The van der Waals surface area contributed by atoms with E-state index in [1.807, 2.05) is 24.3 Å². The number of hydrogen-bond acceptors (Lipinski definition) is 3. The zero-order valence-electron chi connectivity index (χ0n) is 14.4. The average Bonchev–Trinajstić information content (AvgIpc) is 2.64. The lowest BCUT2D eigenvalue weighted by Gasteiger charge is -2.37. The number of carbonyl (C=O) groups excluding carboxylic acids is 1. The molecule has 1 saturated heterocycles. The zero-order chi connectivity index (χ0) is 17.8. The predicted octanol–water partition coefficient (Wildman–Crippen LogP) is 3.11. The molecule has 2 aromatic rings. The van der Waals surface area contributed by atoms with Gasteiger partial charge in [0.05, 0.1) is 19.6 Å². The van der Waals surface area contributed by atoms with Crippen molar-refractivity contribution in [2.75, 3.05) is 26.7 Å². The number of nitrogens with zero attached hydrogens (tertiary/aromatic N) is 1. The first-order chi connectivity index (χ1) is 12.1. The maximum absolute atomic E-state index is 13.9. The summed E-state index contributed by atoms with van der Waals surface area (Å²) >= 11 is 0. The molecule has 1 heterocycles. The predicted molar refractivity (Wildman–Crippen MR) is 97.6 cm³/mol. The molecule has 1 aliphatic rings. The summed E-state index contributed by atoms with van der Waals surface area (Å²) in [5.74, 6) is -1.01. The van der Waals surface area contributed by atoms with Crippen LogP contribution in [0.15, 0.2) is 42.5 Å². The Morgan fingerprint density at radius 1 is 1.19 bits per heavy atom. The van der Waals surface area contributed by atoms with Crippen LogP contribution < -0.4 is 10.1 Å². The molecular formula is C19H21ClF2N2O2. The van der Waals surface area contributed by atoms with Gasteiger partial charge in [-0.25, -0.2) is 8.78 Å². The largest absolute Gasteiger partial charge is 0.496 e. The number of halogens is 3. The molecule has 1 atom stereocenters. The molecule has 3 rings (SSSR count). The summed E-state index contributed by atoms with van der Waals surface area (Å²) in [6.07, 6.45) is -0.301. The number of rotatable bonds is 4. The van der Waals surface area contributed by atoms with Gasteiger partial charge in [-0.15, -0.1) is 12.4 Å². The molecule has 0 aliphatic carbocycles. The highest BCUT2D eigenvalue weighted by Crippen LogP contribution is 2.30. The summed E-state index contributed by atoms with van der Waals surface area (Å²) in [4.78, 5) is 14.4. The van der Waals surface area contributed by atoms with Gasteiger partial charge in [0.25, 0.3) is 0 Å². The molecule has 0 bridgehead atoms. The monoisotopic (exact) mass is 382 g/mol. The van der Waals surface area contributed by atoms with E-state index in [9.17, 15) is 13.6 Å². The zero-order valence-corrected chi connectivity index (χ0v) is 15.2. The Balaban J connectivity index is 0.00000243. The second-order valence-corrected chi connectivity index (χ2v) is 5.93. The second kappa shape index (κ2) is 8.96. The fraction of sp³-hybridized carbons (Fsp3) is 0.316. The van der Waals surface area contributed by atoms with Crippen LogP contribution in [0.1, 0.15) is 17.2 Å². The van der Waals surface area contributed by atoms with Crippen LogP contribution in [0.4, 0.5) is 8.78 Å². The molecule has 2 aromatic carbocycles. The van der Waals surface area contributed by atoms with Crippen molar-refractivity contribution in [2.24, 2.45) is 0 Å². The van der Waals surface area contributed by atoms with Crippen LogP contribution in [-0.2, 0) is 11.2 Å². The Bertz CT molecular complexity index is 753. The quantitative estimate of drug-likeness (QED) is 0.883. The number of methoxy groups -OCH3 is 1. The molecule has 0 radical (unpaired) electrons. The molecule has 1 fully saturated rings. The van der Waals surface area contributed by atoms with Crippen molar-refractivity contribution in [2.45, 2.75) is 12.5 Å². The number of carbonyl (C=O) groups is 1. The minimum atomic E-state index is -0.697. The van der Waals surface area contributed by atoms with E-state index in [0.717, 1.165) is 5.56 Å². The van der Waals surface area contributed by atoms with Crippen LogP contribution >= 0.6 is 12.4 Å². The number of amides is 1. The maximum Gasteiger partial charge on any atom is 0.227 e. The molecule has 0 spiro atoms. The van der Waals surface area contributed by atoms with E-state index in [2.05, 4.69) is 5.32 Å². The van der Waals surface area contributed by atoms with E-state index in [1.165, 1.54) is 18.2 Å². The summed E-state index contributed by atoms with van der Waals surface area (Å²) in [5, 5.41) is 3.26. The van der Waals surface area contributed by atoms with Gasteiger partial charge >= 0.3 is 0 Å². The third kappa shape index (κ3) is 4.14. The van der Waals surface area contributed by atoms with Gasteiger partial charge in [-0.1, -0.05) is 24.3 Å². The van der Waals surface area contributed by atoms with Crippen molar-refractivity contribution < 1.29 is 18.3 Å². The minimum absolute atomic E-state index is 0. The minimum Gasteiger partial charge on any atom is -0.496 e. The standard InChI is InChI=1S/C19H20F2N2O2.ClH/c1-25-18-8-3-2-5-13(18)17-12-22-9-10-23(17)19(24)11-14-15(20)6-4-7-16(14)21;/h2-8,17,22H,9-12H2,1H3;1H. The number of nitrogens with one attached hydrogen (secondary N) is 1. The molecule has 0 aromatic heterocycles. The molecule has 26 heavy (non-hydrogen) atoms. The van der Waals surface area contributed by atoms with Crippen LogP contribution in [-0.4, -0.2) is 37.6 Å². The topological polar surface area (TPSA) is 41.6 Å². The van der Waals surface area contributed by atoms with Gasteiger partial charge < -0.3 is 15.0 Å². The first-order valence-corrected chi connectivity index (χ1v) is 8.17. The number of para-hydroxylation sites is 1. The summed E-state index contributed by atoms with van der Waals surface area (Å²) in [5.41, 5.74) is 0.685. The number of hydrogen-bond donors (Lipinski definition) is 1. The lowest BCUT2D eigenvalue weighted by molar-refractivity contribution is -0.133. The van der Waals surface area contributed by atoms with Gasteiger partial charge in [0, 0.05) is 30.8 Å². The van der Waals surface area contributed by atoms with Gasteiger partial charge in [-0.2, -0.15) is 0 Å². The van der Waals surface area contributed by atoms with Crippen LogP contribution in [0.3, 0.4) is 0 Å². The third-order valence-corrected chi connectivity index (χ3v) is 4.45. The molecule has 1 aliphatic heterocycles. The molecule has 0 saturated carbocycles. The smallest absolute Gasteiger partial charge is 0.227 e. The first-order valence-electron chi connectivity index (χ1n) is 8.17. The van der Waals surface area contributed by atoms with Crippen LogP contribution in [0.25, 0.3) is 0 Å². The van der Waals surface area contributed by atoms with Gasteiger partial charge in [-0.3, -0.25) is 4.79 Å². The van der Waals surface area contributed by atoms with Gasteiger partial charge in [0.15, 0.2) is 0 Å². The molecule has 140 valence electrons. The Kier molecular flexibility index (Phi) is 6.94. The van der Waals surface area contributed by atoms with Crippen molar-refractivity contribution in [3.05, 3.63) is 65.2 Å². The van der Waals surface area contributed by atoms with Crippen molar-refractivity contribution in [3.63, 3.8) is 0 Å². The molecular weight excluding hydrogens is 362 g/mol. The number of ether oxygens (including phenoxy) is 1. The highest BCUT2D eigenvalue weighted by atomic mass is 35.5. The summed E-state index contributed by atoms with van der Waals surface area (Å²) < 4.78 is 33.1. The lowest BCUT2D eigenvalue weighted by atomic mass is 10.0. The summed E-state index contributed by atoms with van der Waals surface area (Å²) in [6, 6.07) is 10.9. The van der Waals surface area contributed by atoms with E-state index >= 15 is 0 Å². The molecule has 1 unspecified atom stereocenters. The Morgan fingerprint density at radius 2 is 1.88 bits per heavy atom. The van der Waals surface area contributed by atoms with Crippen molar-refractivity contribution in [3.8, 4) is 5.75 Å². The fourth-order valence-corrected chi connectivity index (χ4v) is 3.18. The van der Waals surface area contributed by atoms with Crippen molar-refractivity contribution in [1.29, 1.82) is 0 Å². The van der Waals surface area contributed by atoms with Crippen LogP contribution in [0.5, 0.6) is 5.75 Å². The van der Waals surface area contributed by atoms with Gasteiger partial charge in [0.1, 0.15) is 17.4 Å². The molecule has 1 N–H and O–H groups in total. The van der Waals surface area contributed by atoms with Gasteiger partial charge in [0.2, 0.25) is 5.91 Å². The fourth-order valence-electron chi connectivity index (χ4n) is 3.18. The Hall–Kier alpha value is -2.18. The molecule has 7 heteroatoms. The SMILES string of the molecule is COc1ccccc1C1CNCCN1C(=O)Cc1c(F)cccc1F.Cl. The van der Waals surface area contributed by atoms with E-state index in [-0.39, 0.29) is 36.3 Å². The first kappa shape index (κ1) is 20.1. The van der Waals surface area contributed by atoms with Gasteiger partial charge in [-0.05, 0) is 18.2 Å². The number of benzene rings is 2. The Labute approximate surface area is 157 Å². The molecule has 1 amide bonds. The van der Waals surface area contributed by atoms with Crippen LogP contribution in [0, 0.1) is 11.6 Å². The summed E-state index contributed by atoms with van der Waals surface area (Å²) in [7, 11) is 1.58. The second-order valence-electron chi connectivity index (χ2n) is 5.93. The number of piperazine rings is 1. The van der Waals surface area contributed by atoms with E-state index in [4.69, 9.17) is 4.74 Å². The van der Waals surface area contributed by atoms with E-state index in [0.29, 0.717) is 25.4 Å². The van der Waals surface area contributed by atoms with E-state index < -0.39 is 11.6 Å².